The first-order valence-corrected chi connectivity index (χ1v) is 6.60. The molecule has 5 heteroatoms. The molecule has 1 aliphatic heterocycles. The molecule has 2 heterocycles. The van der Waals surface area contributed by atoms with Crippen LogP contribution in [-0.4, -0.2) is 37.4 Å². The number of likely N-dealkylation sites (N-methyl/N-ethyl adjacent to an activating group) is 1. The Morgan fingerprint density at radius 3 is 3.06 bits per heavy atom. The van der Waals surface area contributed by atoms with Crippen LogP contribution in [0.4, 0.5) is 0 Å². The topological polar surface area (TPSA) is 43.4 Å². The zero-order chi connectivity index (χ0) is 12.1. The molecule has 0 aromatic carbocycles. The summed E-state index contributed by atoms with van der Waals surface area (Å²) < 4.78 is 12.4. The number of rotatable bonds is 5. The first-order valence-electron chi connectivity index (χ1n) is 5.81. The maximum absolute atomic E-state index is 5.83. The van der Waals surface area contributed by atoms with Crippen molar-refractivity contribution in [2.24, 2.45) is 0 Å². The van der Waals surface area contributed by atoms with E-state index >= 15 is 0 Å². The highest BCUT2D eigenvalue weighted by Gasteiger charge is 2.24. The summed E-state index contributed by atoms with van der Waals surface area (Å²) in [6, 6.07) is 1.91. The number of pyridine rings is 1. The summed E-state index contributed by atoms with van der Waals surface area (Å²) >= 11 is 3.36. The molecule has 1 N–H and O–H groups in total. The largest absolute Gasteiger partial charge is 0.489 e. The first-order chi connectivity index (χ1) is 8.28. The molecule has 2 rings (SSSR count). The van der Waals surface area contributed by atoms with Gasteiger partial charge in [0.05, 0.1) is 18.4 Å². The Hall–Kier alpha value is -0.650. The van der Waals surface area contributed by atoms with Crippen molar-refractivity contribution >= 4 is 15.9 Å². The van der Waals surface area contributed by atoms with Crippen molar-refractivity contribution in [1.82, 2.24) is 10.3 Å². The Kier molecular flexibility index (Phi) is 4.76. The normalized spacial score (nSPS) is 23.9. The third-order valence-corrected chi connectivity index (χ3v) is 3.18. The van der Waals surface area contributed by atoms with Crippen LogP contribution in [0.2, 0.25) is 0 Å². The van der Waals surface area contributed by atoms with Crippen molar-refractivity contribution in [1.29, 1.82) is 0 Å². The second-order valence-corrected chi connectivity index (χ2v) is 5.08. The fraction of sp³-hybridized carbons (Fsp3) is 0.583. The summed E-state index contributed by atoms with van der Waals surface area (Å²) in [6.07, 6.45) is 6.15. The number of hydrogen-bond donors (Lipinski definition) is 1. The summed E-state index contributed by atoms with van der Waals surface area (Å²) in [7, 11) is 1.94. The van der Waals surface area contributed by atoms with Crippen LogP contribution in [0.25, 0.3) is 0 Å². The predicted molar refractivity (Wildman–Crippen MR) is 69.3 cm³/mol. The summed E-state index contributed by atoms with van der Waals surface area (Å²) in [5.41, 5.74) is 0. The minimum atomic E-state index is 0.201. The molecule has 0 spiro atoms. The average Bonchev–Trinajstić information content (AvgIpc) is 2.75. The van der Waals surface area contributed by atoms with E-state index < -0.39 is 0 Å². The Labute approximate surface area is 110 Å². The van der Waals surface area contributed by atoms with E-state index in [4.69, 9.17) is 9.47 Å². The van der Waals surface area contributed by atoms with E-state index in [0.717, 1.165) is 29.6 Å². The molecular formula is C12H17BrN2O2. The van der Waals surface area contributed by atoms with Gasteiger partial charge in [0.25, 0.3) is 0 Å². The standard InChI is InChI=1S/C12H17BrN2O2/c1-14-6-10-2-3-11(17-10)8-16-12-4-9(13)5-15-7-12/h4-5,7,10-11,14H,2-3,6,8H2,1H3. The predicted octanol–water partition coefficient (Wildman–Crippen LogP) is 1.99. The molecule has 0 saturated carbocycles. The van der Waals surface area contributed by atoms with Gasteiger partial charge in [0, 0.05) is 17.2 Å². The van der Waals surface area contributed by atoms with Gasteiger partial charge >= 0.3 is 0 Å². The van der Waals surface area contributed by atoms with E-state index in [1.165, 1.54) is 0 Å². The summed E-state index contributed by atoms with van der Waals surface area (Å²) in [6.45, 7) is 1.51. The lowest BCUT2D eigenvalue weighted by Gasteiger charge is -2.14. The molecule has 1 aromatic rings. The monoisotopic (exact) mass is 300 g/mol. The molecule has 0 radical (unpaired) electrons. The fourth-order valence-electron chi connectivity index (χ4n) is 1.94. The van der Waals surface area contributed by atoms with Crippen LogP contribution >= 0.6 is 15.9 Å². The van der Waals surface area contributed by atoms with Gasteiger partial charge in [0.2, 0.25) is 0 Å². The van der Waals surface area contributed by atoms with Crippen molar-refractivity contribution in [2.45, 2.75) is 25.0 Å². The lowest BCUT2D eigenvalue weighted by atomic mass is 10.2. The minimum absolute atomic E-state index is 0.201. The highest BCUT2D eigenvalue weighted by molar-refractivity contribution is 9.10. The van der Waals surface area contributed by atoms with E-state index in [0.29, 0.717) is 12.7 Å². The van der Waals surface area contributed by atoms with Gasteiger partial charge in [-0.1, -0.05) is 0 Å². The number of aromatic nitrogens is 1. The third-order valence-electron chi connectivity index (χ3n) is 2.74. The SMILES string of the molecule is CNCC1CCC(COc2cncc(Br)c2)O1. The second kappa shape index (κ2) is 6.33. The van der Waals surface area contributed by atoms with Crippen molar-refractivity contribution in [3.8, 4) is 5.75 Å². The van der Waals surface area contributed by atoms with Gasteiger partial charge in [-0.25, -0.2) is 0 Å². The maximum atomic E-state index is 5.83. The lowest BCUT2D eigenvalue weighted by molar-refractivity contribution is 0.0193. The lowest BCUT2D eigenvalue weighted by Crippen LogP contribution is -2.25. The average molecular weight is 301 g/mol. The zero-order valence-electron chi connectivity index (χ0n) is 9.86. The smallest absolute Gasteiger partial charge is 0.138 e. The molecule has 1 saturated heterocycles. The number of nitrogens with zero attached hydrogens (tertiary/aromatic N) is 1. The molecule has 2 unspecified atom stereocenters. The quantitative estimate of drug-likeness (QED) is 0.903. The van der Waals surface area contributed by atoms with Crippen molar-refractivity contribution < 1.29 is 9.47 Å². The van der Waals surface area contributed by atoms with Gasteiger partial charge in [-0.05, 0) is 41.9 Å². The molecular weight excluding hydrogens is 284 g/mol. The Bertz CT molecular complexity index is 362. The third kappa shape index (κ3) is 3.94. The fourth-order valence-corrected chi connectivity index (χ4v) is 2.28. The van der Waals surface area contributed by atoms with E-state index in [-0.39, 0.29) is 6.10 Å². The summed E-state index contributed by atoms with van der Waals surface area (Å²) in [5.74, 6) is 0.778. The number of hydrogen-bond acceptors (Lipinski definition) is 4. The molecule has 1 fully saturated rings. The number of nitrogens with one attached hydrogen (secondary N) is 1. The van der Waals surface area contributed by atoms with Gasteiger partial charge in [-0.2, -0.15) is 0 Å². The second-order valence-electron chi connectivity index (χ2n) is 4.16. The van der Waals surface area contributed by atoms with Crippen LogP contribution in [0, 0.1) is 0 Å². The number of ether oxygens (including phenoxy) is 2. The molecule has 4 nitrogen and oxygen atoms in total. The van der Waals surface area contributed by atoms with E-state index in [9.17, 15) is 0 Å². The van der Waals surface area contributed by atoms with E-state index in [1.807, 2.05) is 13.1 Å². The summed E-state index contributed by atoms with van der Waals surface area (Å²) in [5, 5.41) is 3.13. The first kappa shape index (κ1) is 12.8. The van der Waals surface area contributed by atoms with Gasteiger partial charge in [-0.15, -0.1) is 0 Å². The van der Waals surface area contributed by atoms with Crippen LogP contribution in [0.5, 0.6) is 5.75 Å². The molecule has 0 amide bonds. The van der Waals surface area contributed by atoms with E-state index in [1.54, 1.807) is 12.4 Å². The van der Waals surface area contributed by atoms with Gasteiger partial charge in [0.15, 0.2) is 0 Å². The van der Waals surface area contributed by atoms with Crippen LogP contribution in [0.1, 0.15) is 12.8 Å². The summed E-state index contributed by atoms with van der Waals surface area (Å²) in [4.78, 5) is 4.05. The molecule has 2 atom stereocenters. The minimum Gasteiger partial charge on any atom is -0.489 e. The van der Waals surface area contributed by atoms with Crippen molar-refractivity contribution in [3.63, 3.8) is 0 Å². The molecule has 94 valence electrons. The van der Waals surface area contributed by atoms with E-state index in [2.05, 4.69) is 26.2 Å². The molecule has 17 heavy (non-hydrogen) atoms. The van der Waals surface area contributed by atoms with Crippen LogP contribution in [0.15, 0.2) is 22.9 Å². The van der Waals surface area contributed by atoms with Crippen molar-refractivity contribution in [2.75, 3.05) is 20.2 Å². The molecule has 0 aliphatic carbocycles. The Morgan fingerprint density at radius 1 is 1.47 bits per heavy atom. The van der Waals surface area contributed by atoms with Gasteiger partial charge in [0.1, 0.15) is 12.4 Å². The molecule has 1 aromatic heterocycles. The maximum Gasteiger partial charge on any atom is 0.138 e. The highest BCUT2D eigenvalue weighted by atomic mass is 79.9. The van der Waals surface area contributed by atoms with Gasteiger partial charge < -0.3 is 14.8 Å². The Balaban J connectivity index is 1.76. The molecule has 1 aliphatic rings. The molecule has 0 bridgehead atoms. The van der Waals surface area contributed by atoms with Crippen molar-refractivity contribution in [3.05, 3.63) is 22.9 Å². The van der Waals surface area contributed by atoms with Crippen LogP contribution < -0.4 is 10.1 Å². The van der Waals surface area contributed by atoms with Crippen LogP contribution in [-0.2, 0) is 4.74 Å². The van der Waals surface area contributed by atoms with Crippen LogP contribution in [0.3, 0.4) is 0 Å². The van der Waals surface area contributed by atoms with Gasteiger partial charge in [-0.3, -0.25) is 4.98 Å². The Morgan fingerprint density at radius 2 is 2.29 bits per heavy atom. The number of halogens is 1. The highest BCUT2D eigenvalue weighted by Crippen LogP contribution is 2.21. The zero-order valence-corrected chi connectivity index (χ0v) is 11.4.